The van der Waals surface area contributed by atoms with Crippen LogP contribution in [0.4, 0.5) is 0 Å². The third-order valence-corrected chi connectivity index (χ3v) is 3.21. The normalized spacial score (nSPS) is 11.2. The molecule has 1 rings (SSSR count). The highest BCUT2D eigenvalue weighted by molar-refractivity contribution is 7.99. The van der Waals surface area contributed by atoms with E-state index in [0.717, 1.165) is 25.3 Å². The molecule has 0 aromatic carbocycles. The number of rotatable bonds is 8. The van der Waals surface area contributed by atoms with Gasteiger partial charge in [0.1, 0.15) is 12.2 Å². The van der Waals surface area contributed by atoms with Crippen LogP contribution in [0.3, 0.4) is 0 Å². The lowest BCUT2D eigenvalue weighted by atomic mass is 10.4. The van der Waals surface area contributed by atoms with Crippen LogP contribution in [-0.4, -0.2) is 32.3 Å². The molecule has 1 N–H and O–H groups in total. The average molecular weight is 242 g/mol. The summed E-state index contributed by atoms with van der Waals surface area (Å²) < 4.78 is 2.01. The van der Waals surface area contributed by atoms with Crippen LogP contribution in [0.2, 0.25) is 0 Å². The van der Waals surface area contributed by atoms with Crippen molar-refractivity contribution in [3.63, 3.8) is 0 Å². The van der Waals surface area contributed by atoms with Gasteiger partial charge in [-0.2, -0.15) is 16.9 Å². The lowest BCUT2D eigenvalue weighted by Crippen LogP contribution is -2.24. The predicted octanol–water partition coefficient (Wildman–Crippen LogP) is 1.92. The smallest absolute Gasteiger partial charge is 0.140 e. The summed E-state index contributed by atoms with van der Waals surface area (Å²) in [4.78, 5) is 4.27. The fourth-order valence-corrected chi connectivity index (χ4v) is 1.99. The van der Waals surface area contributed by atoms with E-state index >= 15 is 0 Å². The third kappa shape index (κ3) is 4.99. The SMILES string of the molecule is CCSCCCn1ncnc1CNC(C)C. The molecule has 0 fully saturated rings. The van der Waals surface area contributed by atoms with Crippen molar-refractivity contribution in [3.8, 4) is 0 Å². The Kier molecular flexibility index (Phi) is 6.49. The quantitative estimate of drug-likeness (QED) is 0.707. The second kappa shape index (κ2) is 7.68. The maximum atomic E-state index is 4.27. The highest BCUT2D eigenvalue weighted by atomic mass is 32.2. The van der Waals surface area contributed by atoms with Gasteiger partial charge in [-0.3, -0.25) is 0 Å². The molecule has 92 valence electrons. The maximum absolute atomic E-state index is 4.27. The molecule has 1 aromatic rings. The number of aromatic nitrogens is 3. The molecule has 0 saturated carbocycles. The van der Waals surface area contributed by atoms with Crippen molar-refractivity contribution in [1.82, 2.24) is 20.1 Å². The number of aryl methyl sites for hydroxylation is 1. The second-order valence-electron chi connectivity index (χ2n) is 3.99. The van der Waals surface area contributed by atoms with Gasteiger partial charge < -0.3 is 5.32 Å². The molecule has 0 atom stereocenters. The van der Waals surface area contributed by atoms with Crippen LogP contribution >= 0.6 is 11.8 Å². The summed E-state index contributed by atoms with van der Waals surface area (Å²) >= 11 is 1.98. The van der Waals surface area contributed by atoms with E-state index in [9.17, 15) is 0 Å². The number of hydrogen-bond acceptors (Lipinski definition) is 4. The molecule has 0 saturated heterocycles. The van der Waals surface area contributed by atoms with Crippen LogP contribution in [0, 0.1) is 0 Å². The lowest BCUT2D eigenvalue weighted by Gasteiger charge is -2.09. The highest BCUT2D eigenvalue weighted by Crippen LogP contribution is 2.03. The van der Waals surface area contributed by atoms with Crippen LogP contribution in [0.15, 0.2) is 6.33 Å². The Morgan fingerprint density at radius 2 is 2.31 bits per heavy atom. The molecular formula is C11H22N4S. The number of thioether (sulfide) groups is 1. The van der Waals surface area contributed by atoms with Gasteiger partial charge in [0.15, 0.2) is 0 Å². The zero-order valence-electron chi connectivity index (χ0n) is 10.4. The topological polar surface area (TPSA) is 42.7 Å². The van der Waals surface area contributed by atoms with Crippen molar-refractivity contribution < 1.29 is 0 Å². The molecule has 5 heteroatoms. The molecule has 0 bridgehead atoms. The minimum absolute atomic E-state index is 0.487. The van der Waals surface area contributed by atoms with Crippen molar-refractivity contribution in [2.45, 2.75) is 46.3 Å². The Bertz CT molecular complexity index is 285. The Balaban J connectivity index is 2.32. The Morgan fingerprint density at radius 1 is 1.50 bits per heavy atom. The first kappa shape index (κ1) is 13.5. The monoisotopic (exact) mass is 242 g/mol. The largest absolute Gasteiger partial charge is 0.308 e. The van der Waals surface area contributed by atoms with Crippen molar-refractivity contribution in [3.05, 3.63) is 12.2 Å². The van der Waals surface area contributed by atoms with E-state index in [2.05, 4.69) is 36.2 Å². The Hall–Kier alpha value is -0.550. The fourth-order valence-electron chi connectivity index (χ4n) is 1.37. The lowest BCUT2D eigenvalue weighted by molar-refractivity contribution is 0.517. The highest BCUT2D eigenvalue weighted by Gasteiger charge is 2.04. The predicted molar refractivity (Wildman–Crippen MR) is 69.6 cm³/mol. The van der Waals surface area contributed by atoms with E-state index in [1.165, 1.54) is 11.5 Å². The molecule has 0 unspecified atom stereocenters. The summed E-state index contributed by atoms with van der Waals surface area (Å²) in [6.07, 6.45) is 2.81. The molecule has 0 spiro atoms. The molecule has 0 aliphatic heterocycles. The third-order valence-electron chi connectivity index (χ3n) is 2.23. The van der Waals surface area contributed by atoms with Crippen molar-refractivity contribution in [2.75, 3.05) is 11.5 Å². The Labute approximate surface area is 102 Å². The van der Waals surface area contributed by atoms with Crippen molar-refractivity contribution in [1.29, 1.82) is 0 Å². The van der Waals surface area contributed by atoms with E-state index in [4.69, 9.17) is 0 Å². The first-order valence-electron chi connectivity index (χ1n) is 5.91. The molecule has 0 aliphatic carbocycles. The molecule has 0 radical (unpaired) electrons. The van der Waals surface area contributed by atoms with Crippen LogP contribution in [-0.2, 0) is 13.1 Å². The number of nitrogens with zero attached hydrogens (tertiary/aromatic N) is 3. The molecular weight excluding hydrogens is 220 g/mol. The molecule has 1 aromatic heterocycles. The van der Waals surface area contributed by atoms with Gasteiger partial charge in [-0.05, 0) is 17.9 Å². The first-order chi connectivity index (χ1) is 7.74. The van der Waals surface area contributed by atoms with Gasteiger partial charge in [0.05, 0.1) is 6.54 Å². The first-order valence-corrected chi connectivity index (χ1v) is 7.07. The van der Waals surface area contributed by atoms with E-state index in [0.29, 0.717) is 6.04 Å². The maximum Gasteiger partial charge on any atom is 0.140 e. The van der Waals surface area contributed by atoms with Crippen molar-refractivity contribution in [2.24, 2.45) is 0 Å². The number of nitrogens with one attached hydrogen (secondary N) is 1. The summed E-state index contributed by atoms with van der Waals surface area (Å²) in [5.74, 6) is 3.43. The summed E-state index contributed by atoms with van der Waals surface area (Å²) in [5.41, 5.74) is 0. The van der Waals surface area contributed by atoms with Crippen LogP contribution in [0.5, 0.6) is 0 Å². The molecule has 0 aliphatic rings. The van der Waals surface area contributed by atoms with Gasteiger partial charge in [-0.25, -0.2) is 9.67 Å². The number of hydrogen-bond donors (Lipinski definition) is 1. The molecule has 0 amide bonds. The van der Waals surface area contributed by atoms with Gasteiger partial charge in [-0.1, -0.05) is 20.8 Å². The van der Waals surface area contributed by atoms with Crippen LogP contribution in [0.25, 0.3) is 0 Å². The van der Waals surface area contributed by atoms with Crippen molar-refractivity contribution >= 4 is 11.8 Å². The van der Waals surface area contributed by atoms with E-state index in [-0.39, 0.29) is 0 Å². The molecule has 16 heavy (non-hydrogen) atoms. The van der Waals surface area contributed by atoms with Gasteiger partial charge >= 0.3 is 0 Å². The summed E-state index contributed by atoms with van der Waals surface area (Å²) in [5, 5.41) is 7.61. The average Bonchev–Trinajstić information content (AvgIpc) is 2.69. The summed E-state index contributed by atoms with van der Waals surface area (Å²) in [6, 6.07) is 0.487. The molecule has 1 heterocycles. The summed E-state index contributed by atoms with van der Waals surface area (Å²) in [7, 11) is 0. The molecule has 4 nitrogen and oxygen atoms in total. The minimum Gasteiger partial charge on any atom is -0.308 e. The zero-order chi connectivity index (χ0) is 11.8. The van der Waals surface area contributed by atoms with E-state index < -0.39 is 0 Å². The van der Waals surface area contributed by atoms with E-state index in [1.54, 1.807) is 6.33 Å². The Morgan fingerprint density at radius 3 is 3.00 bits per heavy atom. The van der Waals surface area contributed by atoms with Crippen LogP contribution in [0.1, 0.15) is 33.0 Å². The van der Waals surface area contributed by atoms with Gasteiger partial charge in [0, 0.05) is 12.6 Å². The standard InChI is InChI=1S/C11H22N4S/c1-4-16-7-5-6-15-11(13-9-14-15)8-12-10(2)3/h9-10,12H,4-8H2,1-3H3. The van der Waals surface area contributed by atoms with Gasteiger partial charge in [-0.15, -0.1) is 0 Å². The second-order valence-corrected chi connectivity index (χ2v) is 5.38. The fraction of sp³-hybridized carbons (Fsp3) is 0.818. The van der Waals surface area contributed by atoms with E-state index in [1.807, 2.05) is 16.4 Å². The summed E-state index contributed by atoms with van der Waals surface area (Å²) in [6.45, 7) is 8.25. The van der Waals surface area contributed by atoms with Crippen LogP contribution < -0.4 is 5.32 Å². The van der Waals surface area contributed by atoms with Gasteiger partial charge in [0.2, 0.25) is 0 Å². The minimum atomic E-state index is 0.487. The zero-order valence-corrected chi connectivity index (χ0v) is 11.3. The van der Waals surface area contributed by atoms with Gasteiger partial charge in [0.25, 0.3) is 0 Å².